The molecule has 1 aliphatic carbocycles. The zero-order valence-corrected chi connectivity index (χ0v) is 22.7. The fourth-order valence-electron chi connectivity index (χ4n) is 4.18. The van der Waals surface area contributed by atoms with Gasteiger partial charge in [0.15, 0.2) is 0 Å². The maximum atomic E-state index is 13.1. The number of pyridine rings is 1. The van der Waals surface area contributed by atoms with E-state index in [0.717, 1.165) is 31.2 Å². The zero-order chi connectivity index (χ0) is 25.8. The fraction of sp³-hybridized carbons (Fsp3) is 0.500. The highest BCUT2D eigenvalue weighted by atomic mass is 79.9. The second kappa shape index (κ2) is 10.8. The predicted octanol–water partition coefficient (Wildman–Crippen LogP) is 5.34. The lowest BCUT2D eigenvalue weighted by Crippen LogP contribution is -2.50. The van der Waals surface area contributed by atoms with Gasteiger partial charge in [0.1, 0.15) is 17.2 Å². The SMILES string of the molecule is CC(C)(C)OC(=O)N[C@@H]1CCCC[C@@H]1Nc1nc(N)c(C(=O)NC(C)(C)c2ccccc2)cc1Br. The molecule has 1 heterocycles. The minimum atomic E-state index is -0.586. The van der Waals surface area contributed by atoms with Gasteiger partial charge in [-0.2, -0.15) is 0 Å². The van der Waals surface area contributed by atoms with Crippen molar-refractivity contribution in [3.8, 4) is 0 Å². The molecule has 5 N–H and O–H groups in total. The van der Waals surface area contributed by atoms with Gasteiger partial charge in [0.25, 0.3) is 5.91 Å². The van der Waals surface area contributed by atoms with Crippen molar-refractivity contribution < 1.29 is 14.3 Å². The van der Waals surface area contributed by atoms with Gasteiger partial charge in [0.2, 0.25) is 0 Å². The maximum Gasteiger partial charge on any atom is 0.407 e. The number of alkyl carbamates (subject to hydrolysis) is 1. The van der Waals surface area contributed by atoms with Crippen molar-refractivity contribution in [2.45, 2.75) is 83.5 Å². The molecule has 2 atom stereocenters. The summed E-state index contributed by atoms with van der Waals surface area (Å²) in [5.41, 5.74) is 6.34. The Morgan fingerprint density at radius 2 is 1.69 bits per heavy atom. The van der Waals surface area contributed by atoms with Crippen LogP contribution in [0.15, 0.2) is 40.9 Å². The Labute approximate surface area is 215 Å². The second-order valence-corrected chi connectivity index (χ2v) is 11.3. The van der Waals surface area contributed by atoms with Gasteiger partial charge in [-0.3, -0.25) is 4.79 Å². The van der Waals surface area contributed by atoms with Crippen LogP contribution >= 0.6 is 15.9 Å². The molecule has 1 saturated carbocycles. The van der Waals surface area contributed by atoms with E-state index in [0.29, 0.717) is 15.9 Å². The number of benzene rings is 1. The predicted molar refractivity (Wildman–Crippen MR) is 142 cm³/mol. The van der Waals surface area contributed by atoms with E-state index < -0.39 is 17.2 Å². The highest BCUT2D eigenvalue weighted by molar-refractivity contribution is 9.10. The van der Waals surface area contributed by atoms with Crippen molar-refractivity contribution in [1.29, 1.82) is 0 Å². The number of hydrogen-bond donors (Lipinski definition) is 4. The van der Waals surface area contributed by atoms with Gasteiger partial charge in [-0.25, -0.2) is 9.78 Å². The average molecular weight is 547 g/mol. The van der Waals surface area contributed by atoms with Crippen LogP contribution in [0.1, 0.15) is 76.2 Å². The quantitative estimate of drug-likeness (QED) is 0.389. The van der Waals surface area contributed by atoms with Crippen molar-refractivity contribution in [3.05, 3.63) is 52.0 Å². The molecule has 190 valence electrons. The summed E-state index contributed by atoms with van der Waals surface area (Å²) < 4.78 is 6.05. The van der Waals surface area contributed by atoms with Crippen LogP contribution < -0.4 is 21.7 Å². The molecule has 1 aliphatic rings. The molecule has 0 aliphatic heterocycles. The van der Waals surface area contributed by atoms with Crippen LogP contribution in [0.3, 0.4) is 0 Å². The number of carbonyl (C=O) groups excluding carboxylic acids is 2. The Morgan fingerprint density at radius 3 is 2.31 bits per heavy atom. The van der Waals surface area contributed by atoms with E-state index in [1.54, 1.807) is 6.07 Å². The smallest absolute Gasteiger partial charge is 0.407 e. The van der Waals surface area contributed by atoms with Gasteiger partial charge in [0, 0.05) is 6.04 Å². The molecule has 35 heavy (non-hydrogen) atoms. The number of nitrogens with one attached hydrogen (secondary N) is 3. The van der Waals surface area contributed by atoms with Crippen LogP contribution in [0.5, 0.6) is 0 Å². The van der Waals surface area contributed by atoms with E-state index in [-0.39, 0.29) is 23.8 Å². The van der Waals surface area contributed by atoms with Gasteiger partial charge >= 0.3 is 6.09 Å². The molecule has 0 unspecified atom stereocenters. The number of hydrogen-bond acceptors (Lipinski definition) is 6. The Hall–Kier alpha value is -2.81. The van der Waals surface area contributed by atoms with E-state index in [1.165, 1.54) is 0 Å². The van der Waals surface area contributed by atoms with E-state index in [9.17, 15) is 9.59 Å². The van der Waals surface area contributed by atoms with Gasteiger partial charge < -0.3 is 26.4 Å². The van der Waals surface area contributed by atoms with Gasteiger partial charge in [0.05, 0.1) is 21.6 Å². The standard InChI is InChI=1S/C26H36BrN5O3/c1-25(2,3)35-24(34)30-20-14-10-9-13-19(20)29-22-18(27)15-17(21(28)31-22)23(33)32-26(4,5)16-11-7-6-8-12-16/h6-8,11-12,15,19-20H,9-10,13-14H2,1-5H3,(H,30,34)(H,32,33)(H3,28,29,31)/t19-,20+/m0/s1. The summed E-state index contributed by atoms with van der Waals surface area (Å²) in [5, 5.41) is 9.44. The molecule has 8 nitrogen and oxygen atoms in total. The Kier molecular flexibility index (Phi) is 8.30. The lowest BCUT2D eigenvalue weighted by Gasteiger charge is -2.34. The molecule has 1 aromatic carbocycles. The third kappa shape index (κ3) is 7.34. The van der Waals surface area contributed by atoms with Gasteiger partial charge in [-0.15, -0.1) is 0 Å². The number of nitrogens with two attached hydrogens (primary N) is 1. The normalized spacial score (nSPS) is 18.5. The minimum absolute atomic E-state index is 0.0452. The molecule has 0 radical (unpaired) electrons. The van der Waals surface area contributed by atoms with Crippen LogP contribution in [0, 0.1) is 0 Å². The van der Waals surface area contributed by atoms with Crippen LogP contribution in [0.25, 0.3) is 0 Å². The number of halogens is 1. The number of carbonyl (C=O) groups is 2. The first-order valence-electron chi connectivity index (χ1n) is 12.0. The lowest BCUT2D eigenvalue weighted by atomic mass is 9.90. The molecule has 0 bridgehead atoms. The van der Waals surface area contributed by atoms with Crippen molar-refractivity contribution >= 4 is 39.6 Å². The Morgan fingerprint density at radius 1 is 1.06 bits per heavy atom. The van der Waals surface area contributed by atoms with Crippen LogP contribution in [0.4, 0.5) is 16.4 Å². The highest BCUT2D eigenvalue weighted by Gasteiger charge is 2.30. The Balaban J connectivity index is 1.73. The number of aromatic nitrogens is 1. The Bertz CT molecular complexity index is 1050. The average Bonchev–Trinajstić information content (AvgIpc) is 2.76. The molecular formula is C26H36BrN5O3. The third-order valence-corrected chi connectivity index (χ3v) is 6.57. The van der Waals surface area contributed by atoms with Crippen LogP contribution in [0.2, 0.25) is 0 Å². The van der Waals surface area contributed by atoms with E-state index in [1.807, 2.05) is 65.0 Å². The van der Waals surface area contributed by atoms with E-state index in [4.69, 9.17) is 10.5 Å². The summed E-state index contributed by atoms with van der Waals surface area (Å²) in [6, 6.07) is 11.3. The van der Waals surface area contributed by atoms with Crippen LogP contribution in [-0.2, 0) is 10.3 Å². The highest BCUT2D eigenvalue weighted by Crippen LogP contribution is 2.30. The lowest BCUT2D eigenvalue weighted by molar-refractivity contribution is 0.0488. The minimum Gasteiger partial charge on any atom is -0.444 e. The number of amides is 2. The van der Waals surface area contributed by atoms with Crippen LogP contribution in [-0.4, -0.2) is 34.7 Å². The molecule has 9 heteroatoms. The first kappa shape index (κ1) is 26.8. The van der Waals surface area contributed by atoms with Gasteiger partial charge in [-0.05, 0) is 75.0 Å². The largest absolute Gasteiger partial charge is 0.444 e. The summed E-state index contributed by atoms with van der Waals surface area (Å²) in [6.45, 7) is 9.40. The molecule has 2 amide bonds. The van der Waals surface area contributed by atoms with Crippen molar-refractivity contribution in [1.82, 2.24) is 15.6 Å². The summed E-state index contributed by atoms with van der Waals surface area (Å²) >= 11 is 3.54. The molecule has 0 saturated heterocycles. The topological polar surface area (TPSA) is 118 Å². The summed E-state index contributed by atoms with van der Waals surface area (Å²) in [5.74, 6) is 0.354. The number of anilines is 2. The molecule has 1 aromatic heterocycles. The molecule has 3 rings (SSSR count). The van der Waals surface area contributed by atoms with Crippen molar-refractivity contribution in [2.75, 3.05) is 11.1 Å². The zero-order valence-electron chi connectivity index (χ0n) is 21.1. The number of ether oxygens (including phenoxy) is 1. The van der Waals surface area contributed by atoms with Crippen molar-refractivity contribution in [2.24, 2.45) is 0 Å². The second-order valence-electron chi connectivity index (χ2n) is 10.5. The molecular weight excluding hydrogens is 510 g/mol. The first-order chi connectivity index (χ1) is 16.4. The van der Waals surface area contributed by atoms with Gasteiger partial charge in [-0.1, -0.05) is 43.2 Å². The first-order valence-corrected chi connectivity index (χ1v) is 12.7. The number of rotatable bonds is 6. The molecule has 1 fully saturated rings. The summed E-state index contributed by atoms with van der Waals surface area (Å²) in [6.07, 6.45) is 3.31. The third-order valence-electron chi connectivity index (χ3n) is 5.96. The summed E-state index contributed by atoms with van der Waals surface area (Å²) in [4.78, 5) is 29.9. The molecule has 2 aromatic rings. The number of nitrogen functional groups attached to an aromatic ring is 1. The van der Waals surface area contributed by atoms with E-state index >= 15 is 0 Å². The van der Waals surface area contributed by atoms with Crippen molar-refractivity contribution in [3.63, 3.8) is 0 Å². The monoisotopic (exact) mass is 545 g/mol. The van der Waals surface area contributed by atoms with E-state index in [2.05, 4.69) is 36.9 Å². The number of nitrogens with zero attached hydrogens (tertiary/aromatic N) is 1. The summed E-state index contributed by atoms with van der Waals surface area (Å²) in [7, 11) is 0. The fourth-order valence-corrected chi connectivity index (χ4v) is 4.61. The molecule has 0 spiro atoms. The maximum absolute atomic E-state index is 13.1.